The molecule has 1 aliphatic rings. The third kappa shape index (κ3) is 5.94. The Morgan fingerprint density at radius 2 is 2.00 bits per heavy atom. The lowest BCUT2D eigenvalue weighted by Gasteiger charge is -2.25. The molecule has 7 nitrogen and oxygen atoms in total. The van der Waals surface area contributed by atoms with Crippen molar-refractivity contribution in [1.82, 2.24) is 4.90 Å². The molecule has 0 spiro atoms. The molecule has 27 heavy (non-hydrogen) atoms. The summed E-state index contributed by atoms with van der Waals surface area (Å²) in [7, 11) is 0. The Kier molecular flexibility index (Phi) is 6.26. The molecule has 0 saturated heterocycles. The van der Waals surface area contributed by atoms with Gasteiger partial charge < -0.3 is 14.9 Å². The Hall–Kier alpha value is -2.64. The molecular weight excluding hydrogens is 348 g/mol. The van der Waals surface area contributed by atoms with E-state index in [1.165, 1.54) is 25.0 Å². The first-order valence-corrected chi connectivity index (χ1v) is 9.06. The maximum Gasteiger partial charge on any atom is 0.310 e. The van der Waals surface area contributed by atoms with E-state index in [4.69, 9.17) is 4.74 Å². The van der Waals surface area contributed by atoms with Gasteiger partial charge in [0.15, 0.2) is 5.75 Å². The number of phenolic OH excluding ortho intramolecular Hbond substituents is 1. The van der Waals surface area contributed by atoms with Gasteiger partial charge in [-0.25, -0.2) is 0 Å². The number of nitrogens with zero attached hydrogens (tertiary/aromatic N) is 2. The lowest BCUT2D eigenvalue weighted by atomic mass is 10.2. The maximum absolute atomic E-state index is 11.0. The summed E-state index contributed by atoms with van der Waals surface area (Å²) in [4.78, 5) is 12.7. The molecule has 1 unspecified atom stereocenters. The number of hydrogen-bond donors (Lipinski definition) is 2. The minimum absolute atomic E-state index is 0.0218. The molecule has 7 heteroatoms. The summed E-state index contributed by atoms with van der Waals surface area (Å²) in [5.41, 5.74) is 0.863. The first-order chi connectivity index (χ1) is 13.0. The largest absolute Gasteiger partial charge is 0.508 e. The number of aliphatic hydroxyl groups is 1. The number of aromatic hydroxyl groups is 1. The monoisotopic (exact) mass is 372 g/mol. The normalized spacial score (nSPS) is 14.9. The van der Waals surface area contributed by atoms with Gasteiger partial charge in [-0.15, -0.1) is 0 Å². The van der Waals surface area contributed by atoms with Crippen LogP contribution in [0.3, 0.4) is 0 Å². The number of benzene rings is 2. The average molecular weight is 372 g/mol. The summed E-state index contributed by atoms with van der Waals surface area (Å²) in [6.45, 7) is 1.87. The van der Waals surface area contributed by atoms with Gasteiger partial charge in [0.25, 0.3) is 0 Å². The van der Waals surface area contributed by atoms with E-state index in [-0.39, 0.29) is 23.8 Å². The van der Waals surface area contributed by atoms with Crippen LogP contribution in [-0.4, -0.2) is 45.8 Å². The molecular formula is C20H24N2O5. The highest BCUT2D eigenvalue weighted by atomic mass is 16.6. The highest BCUT2D eigenvalue weighted by Crippen LogP contribution is 2.30. The Bertz CT molecular complexity index is 778. The number of hydrogen-bond acceptors (Lipinski definition) is 6. The maximum atomic E-state index is 11.0. The van der Waals surface area contributed by atoms with Crippen LogP contribution in [0, 0.1) is 16.0 Å². The van der Waals surface area contributed by atoms with Crippen LogP contribution in [0.25, 0.3) is 0 Å². The first-order valence-electron chi connectivity index (χ1n) is 9.06. The van der Waals surface area contributed by atoms with E-state index < -0.39 is 11.0 Å². The summed E-state index contributed by atoms with van der Waals surface area (Å²) < 4.78 is 5.49. The number of rotatable bonds is 10. The molecule has 144 valence electrons. The Balaban J connectivity index is 1.57. The number of nitro groups is 1. The number of aliphatic hydroxyl groups excluding tert-OH is 1. The van der Waals surface area contributed by atoms with Gasteiger partial charge in [0.1, 0.15) is 18.5 Å². The molecule has 0 amide bonds. The fraction of sp³-hybridized carbons (Fsp3) is 0.400. The molecule has 1 saturated carbocycles. The van der Waals surface area contributed by atoms with Crippen molar-refractivity contribution in [1.29, 1.82) is 0 Å². The van der Waals surface area contributed by atoms with Gasteiger partial charge in [-0.2, -0.15) is 0 Å². The summed E-state index contributed by atoms with van der Waals surface area (Å²) in [6.07, 6.45) is 1.61. The fourth-order valence-corrected chi connectivity index (χ4v) is 3.05. The second-order valence-corrected chi connectivity index (χ2v) is 7.00. The third-order valence-corrected chi connectivity index (χ3v) is 4.49. The van der Waals surface area contributed by atoms with Crippen molar-refractivity contribution >= 4 is 5.69 Å². The van der Waals surface area contributed by atoms with Gasteiger partial charge in [0.05, 0.1) is 4.92 Å². The lowest BCUT2D eigenvalue weighted by molar-refractivity contribution is -0.385. The number of nitro benzene ring substituents is 1. The number of para-hydroxylation sites is 2. The van der Waals surface area contributed by atoms with Crippen LogP contribution in [0.1, 0.15) is 18.4 Å². The van der Waals surface area contributed by atoms with Gasteiger partial charge >= 0.3 is 5.69 Å². The second kappa shape index (κ2) is 8.83. The van der Waals surface area contributed by atoms with E-state index in [2.05, 4.69) is 4.90 Å². The van der Waals surface area contributed by atoms with Crippen LogP contribution >= 0.6 is 0 Å². The molecule has 1 aliphatic carbocycles. The van der Waals surface area contributed by atoms with Crippen molar-refractivity contribution in [3.8, 4) is 11.5 Å². The highest BCUT2D eigenvalue weighted by Gasteiger charge is 2.26. The summed E-state index contributed by atoms with van der Waals surface area (Å²) in [5, 5.41) is 31.1. The zero-order chi connectivity index (χ0) is 19.2. The first kappa shape index (κ1) is 19.1. The molecule has 0 aliphatic heterocycles. The average Bonchev–Trinajstić information content (AvgIpc) is 3.44. The topological polar surface area (TPSA) is 96.1 Å². The molecule has 0 aromatic heterocycles. The quantitative estimate of drug-likeness (QED) is 0.492. The van der Waals surface area contributed by atoms with Gasteiger partial charge in [-0.05, 0) is 42.5 Å². The molecule has 0 bridgehead atoms. The van der Waals surface area contributed by atoms with Gasteiger partial charge in [-0.1, -0.05) is 24.3 Å². The van der Waals surface area contributed by atoms with Gasteiger partial charge in [0, 0.05) is 25.7 Å². The fourth-order valence-electron chi connectivity index (χ4n) is 3.05. The molecule has 3 rings (SSSR count). The van der Waals surface area contributed by atoms with E-state index in [1.54, 1.807) is 30.3 Å². The minimum atomic E-state index is -0.777. The van der Waals surface area contributed by atoms with E-state index >= 15 is 0 Å². The van der Waals surface area contributed by atoms with Crippen LogP contribution in [0.15, 0.2) is 48.5 Å². The number of phenols is 1. The third-order valence-electron chi connectivity index (χ3n) is 4.49. The Labute approximate surface area is 158 Å². The minimum Gasteiger partial charge on any atom is -0.508 e. The predicted octanol–water partition coefficient (Wildman–Crippen LogP) is 2.95. The smallest absolute Gasteiger partial charge is 0.310 e. The molecule has 2 aromatic rings. The van der Waals surface area contributed by atoms with Crippen molar-refractivity contribution in [3.63, 3.8) is 0 Å². The summed E-state index contributed by atoms with van der Waals surface area (Å²) >= 11 is 0. The van der Waals surface area contributed by atoms with Crippen molar-refractivity contribution in [2.24, 2.45) is 5.92 Å². The second-order valence-electron chi connectivity index (χ2n) is 7.00. The van der Waals surface area contributed by atoms with Crippen LogP contribution in [0.5, 0.6) is 11.5 Å². The molecule has 1 fully saturated rings. The SMILES string of the molecule is O=[N+]([O-])c1ccccc1OCC(O)CN(Cc1cccc(O)c1)CC1CC1. The zero-order valence-electron chi connectivity index (χ0n) is 15.0. The Morgan fingerprint density at radius 1 is 1.22 bits per heavy atom. The lowest BCUT2D eigenvalue weighted by Crippen LogP contribution is -2.36. The summed E-state index contributed by atoms with van der Waals surface area (Å²) in [6, 6.07) is 13.2. The van der Waals surface area contributed by atoms with E-state index in [1.807, 2.05) is 6.07 Å². The Morgan fingerprint density at radius 3 is 2.70 bits per heavy atom. The zero-order valence-corrected chi connectivity index (χ0v) is 15.0. The van der Waals surface area contributed by atoms with Crippen LogP contribution in [-0.2, 0) is 6.54 Å². The van der Waals surface area contributed by atoms with Gasteiger partial charge in [0.2, 0.25) is 0 Å². The molecule has 1 atom stereocenters. The highest BCUT2D eigenvalue weighted by molar-refractivity contribution is 5.45. The molecule has 0 radical (unpaired) electrons. The molecule has 2 aromatic carbocycles. The van der Waals surface area contributed by atoms with Gasteiger partial charge in [-0.3, -0.25) is 15.0 Å². The number of ether oxygens (including phenoxy) is 1. The van der Waals surface area contributed by atoms with E-state index in [0.29, 0.717) is 19.0 Å². The standard InChI is InChI=1S/C20H24N2O5/c23-17-5-3-4-16(10-17)12-21(11-15-8-9-15)13-18(24)14-27-20-7-2-1-6-19(20)22(25)26/h1-7,10,15,18,23-24H,8-9,11-14H2. The van der Waals surface area contributed by atoms with Crippen molar-refractivity contribution in [3.05, 3.63) is 64.2 Å². The van der Waals surface area contributed by atoms with Crippen LogP contribution < -0.4 is 4.74 Å². The molecule has 0 heterocycles. The van der Waals surface area contributed by atoms with Crippen molar-refractivity contribution < 1.29 is 19.9 Å². The predicted molar refractivity (Wildman–Crippen MR) is 101 cm³/mol. The van der Waals surface area contributed by atoms with E-state index in [9.17, 15) is 20.3 Å². The van der Waals surface area contributed by atoms with Crippen molar-refractivity contribution in [2.45, 2.75) is 25.5 Å². The van der Waals surface area contributed by atoms with Crippen molar-refractivity contribution in [2.75, 3.05) is 19.7 Å². The van der Waals surface area contributed by atoms with E-state index in [0.717, 1.165) is 12.1 Å². The molecule has 2 N–H and O–H groups in total. The van der Waals surface area contributed by atoms with Crippen LogP contribution in [0.2, 0.25) is 0 Å². The van der Waals surface area contributed by atoms with Crippen LogP contribution in [0.4, 0.5) is 5.69 Å². The summed E-state index contributed by atoms with van der Waals surface area (Å²) in [5.74, 6) is 1.02.